The minimum atomic E-state index is -0.227. The summed E-state index contributed by atoms with van der Waals surface area (Å²) in [4.78, 5) is 0. The van der Waals surface area contributed by atoms with E-state index in [1.165, 1.54) is 12.1 Å². The van der Waals surface area contributed by atoms with Gasteiger partial charge in [-0.2, -0.15) is 0 Å². The van der Waals surface area contributed by atoms with E-state index in [9.17, 15) is 4.39 Å². The fraction of sp³-hybridized carbons (Fsp3) is 0.333. The van der Waals surface area contributed by atoms with Gasteiger partial charge in [-0.3, -0.25) is 0 Å². The number of rotatable bonds is 2. The maximum atomic E-state index is 12.7. The molecule has 1 unspecified atom stereocenters. The molecule has 0 amide bonds. The van der Waals surface area contributed by atoms with Gasteiger partial charge in [0.1, 0.15) is 5.82 Å². The molecular formula is C9H11BrFN. The third-order valence-electron chi connectivity index (χ3n) is 1.85. The molecule has 0 radical (unpaired) electrons. The van der Waals surface area contributed by atoms with E-state index in [4.69, 9.17) is 5.73 Å². The summed E-state index contributed by atoms with van der Waals surface area (Å²) in [6.07, 6.45) is 0. The molecule has 0 heterocycles. The lowest BCUT2D eigenvalue weighted by Crippen LogP contribution is -2.09. The molecule has 1 aromatic rings. The summed E-state index contributed by atoms with van der Waals surface area (Å²) in [6.45, 7) is 2.59. The van der Waals surface area contributed by atoms with E-state index in [-0.39, 0.29) is 11.7 Å². The largest absolute Gasteiger partial charge is 0.330 e. The molecule has 1 nitrogen and oxygen atoms in total. The Labute approximate surface area is 79.9 Å². The highest BCUT2D eigenvalue weighted by molar-refractivity contribution is 9.10. The fourth-order valence-corrected chi connectivity index (χ4v) is 1.77. The molecule has 0 fully saturated rings. The van der Waals surface area contributed by atoms with E-state index < -0.39 is 0 Å². The molecule has 0 aliphatic carbocycles. The van der Waals surface area contributed by atoms with E-state index in [1.54, 1.807) is 6.07 Å². The van der Waals surface area contributed by atoms with Crippen LogP contribution in [0.5, 0.6) is 0 Å². The zero-order chi connectivity index (χ0) is 9.14. The maximum absolute atomic E-state index is 12.7. The molecule has 0 aliphatic heterocycles. The van der Waals surface area contributed by atoms with Crippen molar-refractivity contribution < 1.29 is 4.39 Å². The van der Waals surface area contributed by atoms with E-state index >= 15 is 0 Å². The normalized spacial score (nSPS) is 13.0. The lowest BCUT2D eigenvalue weighted by atomic mass is 10.0. The van der Waals surface area contributed by atoms with Gasteiger partial charge in [-0.1, -0.05) is 28.9 Å². The minimum absolute atomic E-state index is 0.227. The van der Waals surface area contributed by atoms with Crippen LogP contribution < -0.4 is 5.73 Å². The van der Waals surface area contributed by atoms with Crippen molar-refractivity contribution in [1.29, 1.82) is 0 Å². The predicted octanol–water partition coefficient (Wildman–Crippen LogP) is 2.65. The maximum Gasteiger partial charge on any atom is 0.124 e. The molecule has 2 N–H and O–H groups in total. The van der Waals surface area contributed by atoms with Crippen LogP contribution in [0.25, 0.3) is 0 Å². The number of halogens is 2. The first kappa shape index (κ1) is 9.68. The van der Waals surface area contributed by atoms with Crippen LogP contribution in [0.3, 0.4) is 0 Å². The van der Waals surface area contributed by atoms with E-state index in [0.29, 0.717) is 6.54 Å². The van der Waals surface area contributed by atoms with E-state index in [1.807, 2.05) is 6.92 Å². The van der Waals surface area contributed by atoms with Gasteiger partial charge in [0, 0.05) is 4.47 Å². The highest BCUT2D eigenvalue weighted by Gasteiger charge is 2.07. The molecular weight excluding hydrogens is 221 g/mol. The predicted molar refractivity (Wildman–Crippen MR) is 51.6 cm³/mol. The summed E-state index contributed by atoms with van der Waals surface area (Å²) in [5, 5.41) is 0. The Kier molecular flexibility index (Phi) is 3.23. The molecule has 0 spiro atoms. The molecule has 12 heavy (non-hydrogen) atoms. The third-order valence-corrected chi connectivity index (χ3v) is 2.53. The fourth-order valence-electron chi connectivity index (χ4n) is 1.03. The van der Waals surface area contributed by atoms with Gasteiger partial charge in [-0.05, 0) is 30.2 Å². The van der Waals surface area contributed by atoms with Gasteiger partial charge in [0.2, 0.25) is 0 Å². The quantitative estimate of drug-likeness (QED) is 0.833. The van der Waals surface area contributed by atoms with Crippen LogP contribution in [0, 0.1) is 5.82 Å². The van der Waals surface area contributed by atoms with Crippen molar-refractivity contribution in [3.63, 3.8) is 0 Å². The summed E-state index contributed by atoms with van der Waals surface area (Å²) in [6, 6.07) is 4.67. The van der Waals surface area contributed by atoms with Crippen molar-refractivity contribution in [2.24, 2.45) is 5.73 Å². The molecule has 66 valence electrons. The van der Waals surface area contributed by atoms with Gasteiger partial charge in [0.25, 0.3) is 0 Å². The molecule has 1 atom stereocenters. The molecule has 1 rings (SSSR count). The van der Waals surface area contributed by atoms with Crippen molar-refractivity contribution in [2.75, 3.05) is 6.54 Å². The van der Waals surface area contributed by atoms with Crippen LogP contribution in [0.1, 0.15) is 18.4 Å². The minimum Gasteiger partial charge on any atom is -0.330 e. The van der Waals surface area contributed by atoms with Crippen LogP contribution in [0.15, 0.2) is 22.7 Å². The standard InChI is InChI=1S/C9H11BrFN/c1-6(5-12)8-3-2-7(11)4-9(8)10/h2-4,6H,5,12H2,1H3. The average Bonchev–Trinajstić information content (AvgIpc) is 2.03. The van der Waals surface area contributed by atoms with Crippen molar-refractivity contribution >= 4 is 15.9 Å². The first-order valence-corrected chi connectivity index (χ1v) is 4.59. The highest BCUT2D eigenvalue weighted by atomic mass is 79.9. The first-order valence-electron chi connectivity index (χ1n) is 3.80. The molecule has 0 bridgehead atoms. The number of benzene rings is 1. The molecule has 3 heteroatoms. The molecule has 0 saturated heterocycles. The van der Waals surface area contributed by atoms with Crippen LogP contribution in [-0.4, -0.2) is 6.54 Å². The van der Waals surface area contributed by atoms with Gasteiger partial charge in [0.05, 0.1) is 0 Å². The average molecular weight is 232 g/mol. The second kappa shape index (κ2) is 4.01. The molecule has 0 saturated carbocycles. The highest BCUT2D eigenvalue weighted by Crippen LogP contribution is 2.24. The van der Waals surface area contributed by atoms with E-state index in [0.717, 1.165) is 10.0 Å². The molecule has 0 aliphatic rings. The SMILES string of the molecule is CC(CN)c1ccc(F)cc1Br. The van der Waals surface area contributed by atoms with Crippen LogP contribution in [0.4, 0.5) is 4.39 Å². The third kappa shape index (κ3) is 2.05. The monoisotopic (exact) mass is 231 g/mol. The molecule has 0 aromatic heterocycles. The topological polar surface area (TPSA) is 26.0 Å². The van der Waals surface area contributed by atoms with Crippen LogP contribution in [0.2, 0.25) is 0 Å². The van der Waals surface area contributed by atoms with Crippen molar-refractivity contribution in [1.82, 2.24) is 0 Å². The van der Waals surface area contributed by atoms with Gasteiger partial charge in [-0.25, -0.2) is 4.39 Å². The summed E-state index contributed by atoms with van der Waals surface area (Å²) < 4.78 is 13.4. The summed E-state index contributed by atoms with van der Waals surface area (Å²) in [5.41, 5.74) is 6.55. The van der Waals surface area contributed by atoms with Gasteiger partial charge in [0.15, 0.2) is 0 Å². The Morgan fingerprint density at radius 3 is 2.75 bits per heavy atom. The Morgan fingerprint density at radius 2 is 2.25 bits per heavy atom. The second-order valence-corrected chi connectivity index (χ2v) is 3.66. The lowest BCUT2D eigenvalue weighted by Gasteiger charge is -2.10. The molecule has 1 aromatic carbocycles. The Bertz CT molecular complexity index is 275. The van der Waals surface area contributed by atoms with Crippen LogP contribution >= 0.6 is 15.9 Å². The van der Waals surface area contributed by atoms with Crippen LogP contribution in [-0.2, 0) is 0 Å². The van der Waals surface area contributed by atoms with Crippen molar-refractivity contribution in [2.45, 2.75) is 12.8 Å². The van der Waals surface area contributed by atoms with E-state index in [2.05, 4.69) is 15.9 Å². The van der Waals surface area contributed by atoms with Gasteiger partial charge in [-0.15, -0.1) is 0 Å². The number of nitrogens with two attached hydrogens (primary N) is 1. The van der Waals surface area contributed by atoms with Crippen molar-refractivity contribution in [3.8, 4) is 0 Å². The summed E-state index contributed by atoms with van der Waals surface area (Å²) >= 11 is 3.29. The summed E-state index contributed by atoms with van der Waals surface area (Å²) in [5.74, 6) is 0.0369. The zero-order valence-corrected chi connectivity index (χ0v) is 8.44. The zero-order valence-electron chi connectivity index (χ0n) is 6.85. The number of hydrogen-bond donors (Lipinski definition) is 1. The second-order valence-electron chi connectivity index (χ2n) is 2.80. The first-order chi connectivity index (χ1) is 5.65. The lowest BCUT2D eigenvalue weighted by molar-refractivity contribution is 0.624. The Balaban J connectivity index is 3.01. The van der Waals surface area contributed by atoms with Gasteiger partial charge < -0.3 is 5.73 Å². The smallest absolute Gasteiger partial charge is 0.124 e. The summed E-state index contributed by atoms with van der Waals surface area (Å²) in [7, 11) is 0. The van der Waals surface area contributed by atoms with Gasteiger partial charge >= 0.3 is 0 Å². The van der Waals surface area contributed by atoms with Crippen molar-refractivity contribution in [3.05, 3.63) is 34.1 Å². The Hall–Kier alpha value is -0.410. The Morgan fingerprint density at radius 1 is 1.58 bits per heavy atom. The number of hydrogen-bond acceptors (Lipinski definition) is 1.